The molecule has 1 N–H and O–H groups in total. The van der Waals surface area contributed by atoms with Gasteiger partial charge in [-0.25, -0.2) is 0 Å². The van der Waals surface area contributed by atoms with Crippen molar-refractivity contribution < 1.29 is 4.74 Å². The van der Waals surface area contributed by atoms with E-state index in [0.29, 0.717) is 0 Å². The van der Waals surface area contributed by atoms with Crippen LogP contribution in [0, 0.1) is 0 Å². The molecule has 0 spiro atoms. The molecule has 21 heavy (non-hydrogen) atoms. The van der Waals surface area contributed by atoms with Gasteiger partial charge < -0.3 is 10.1 Å². The van der Waals surface area contributed by atoms with Gasteiger partial charge in [0.2, 0.25) is 0 Å². The van der Waals surface area contributed by atoms with Crippen molar-refractivity contribution in [1.29, 1.82) is 0 Å². The highest BCUT2D eigenvalue weighted by atomic mass is 79.9. The minimum absolute atomic E-state index is 0.199. The first kappa shape index (κ1) is 17.0. The second kappa shape index (κ2) is 7.77. The van der Waals surface area contributed by atoms with E-state index in [-0.39, 0.29) is 12.1 Å². The van der Waals surface area contributed by atoms with Gasteiger partial charge >= 0.3 is 0 Å². The lowest BCUT2D eigenvalue weighted by molar-refractivity contribution is 0.242. The van der Waals surface area contributed by atoms with Crippen LogP contribution in [-0.4, -0.2) is 12.6 Å². The first-order chi connectivity index (χ1) is 10.0. The van der Waals surface area contributed by atoms with Crippen molar-refractivity contribution in [1.82, 2.24) is 5.32 Å². The third-order valence-corrected chi connectivity index (χ3v) is 6.26. The van der Waals surface area contributed by atoms with Gasteiger partial charge in [-0.05, 0) is 76.0 Å². The lowest BCUT2D eigenvalue weighted by Crippen LogP contribution is -2.21. The number of benzene rings is 1. The van der Waals surface area contributed by atoms with Crippen LogP contribution in [0.5, 0.6) is 5.75 Å². The van der Waals surface area contributed by atoms with Crippen LogP contribution in [0.2, 0.25) is 0 Å². The normalized spacial score (nSPS) is 12.7. The van der Waals surface area contributed by atoms with E-state index in [4.69, 9.17) is 4.74 Å². The van der Waals surface area contributed by atoms with Gasteiger partial charge in [0, 0.05) is 9.35 Å². The van der Waals surface area contributed by atoms with Gasteiger partial charge in [0.25, 0.3) is 0 Å². The SMILES string of the molecule is CCNC(c1ccc(OC(C)C)cc1)c1cc(Br)c(Br)s1. The van der Waals surface area contributed by atoms with Crippen molar-refractivity contribution in [3.63, 3.8) is 0 Å². The molecule has 0 aliphatic carbocycles. The molecular weight excluding hydrogens is 414 g/mol. The molecule has 1 aromatic heterocycles. The quantitative estimate of drug-likeness (QED) is 0.626. The minimum atomic E-state index is 0.199. The Kier molecular flexibility index (Phi) is 6.29. The predicted molar refractivity (Wildman–Crippen MR) is 97.4 cm³/mol. The third kappa shape index (κ3) is 4.55. The summed E-state index contributed by atoms with van der Waals surface area (Å²) in [6.45, 7) is 7.12. The van der Waals surface area contributed by atoms with Gasteiger partial charge in [-0.1, -0.05) is 19.1 Å². The summed E-state index contributed by atoms with van der Waals surface area (Å²) in [7, 11) is 0. The number of hydrogen-bond acceptors (Lipinski definition) is 3. The Labute approximate surface area is 147 Å². The molecule has 1 aromatic carbocycles. The van der Waals surface area contributed by atoms with E-state index in [2.05, 4.69) is 62.3 Å². The van der Waals surface area contributed by atoms with Crippen LogP contribution in [0.3, 0.4) is 0 Å². The highest BCUT2D eigenvalue weighted by molar-refractivity contribution is 9.13. The van der Waals surface area contributed by atoms with Gasteiger partial charge in [0.05, 0.1) is 15.9 Å². The number of thiophene rings is 1. The van der Waals surface area contributed by atoms with Crippen LogP contribution in [0.15, 0.2) is 38.6 Å². The van der Waals surface area contributed by atoms with Crippen LogP contribution < -0.4 is 10.1 Å². The molecule has 1 unspecified atom stereocenters. The highest BCUT2D eigenvalue weighted by Gasteiger charge is 2.17. The fraction of sp³-hybridized carbons (Fsp3) is 0.375. The molecule has 0 bridgehead atoms. The summed E-state index contributed by atoms with van der Waals surface area (Å²) in [6, 6.07) is 10.7. The van der Waals surface area contributed by atoms with E-state index >= 15 is 0 Å². The molecule has 0 saturated carbocycles. The molecule has 1 atom stereocenters. The molecule has 1 heterocycles. The molecule has 114 valence electrons. The van der Waals surface area contributed by atoms with E-state index in [0.717, 1.165) is 20.6 Å². The van der Waals surface area contributed by atoms with Crippen LogP contribution >= 0.6 is 43.2 Å². The Morgan fingerprint density at radius 1 is 1.19 bits per heavy atom. The molecule has 0 radical (unpaired) electrons. The molecule has 2 aromatic rings. The summed E-state index contributed by atoms with van der Waals surface area (Å²) in [4.78, 5) is 1.29. The predicted octanol–water partition coefficient (Wildman–Crippen LogP) is 5.76. The summed E-state index contributed by atoms with van der Waals surface area (Å²) >= 11 is 8.88. The topological polar surface area (TPSA) is 21.3 Å². The van der Waals surface area contributed by atoms with Crippen LogP contribution in [0.1, 0.15) is 37.3 Å². The number of rotatable bonds is 6. The highest BCUT2D eigenvalue weighted by Crippen LogP contribution is 2.37. The summed E-state index contributed by atoms with van der Waals surface area (Å²) < 4.78 is 7.93. The van der Waals surface area contributed by atoms with Crippen LogP contribution in [0.4, 0.5) is 0 Å². The first-order valence-corrected chi connectivity index (χ1v) is 9.36. The molecule has 2 nitrogen and oxygen atoms in total. The van der Waals surface area contributed by atoms with E-state index in [9.17, 15) is 0 Å². The van der Waals surface area contributed by atoms with Crippen molar-refractivity contribution >= 4 is 43.2 Å². The fourth-order valence-electron chi connectivity index (χ4n) is 2.10. The zero-order valence-corrected chi connectivity index (χ0v) is 16.3. The summed E-state index contributed by atoms with van der Waals surface area (Å²) in [5.74, 6) is 0.914. The third-order valence-electron chi connectivity index (χ3n) is 2.94. The monoisotopic (exact) mass is 431 g/mol. The lowest BCUT2D eigenvalue weighted by atomic mass is 10.1. The average Bonchev–Trinajstić information content (AvgIpc) is 2.76. The maximum atomic E-state index is 5.71. The molecule has 5 heteroatoms. The average molecular weight is 433 g/mol. The van der Waals surface area contributed by atoms with Gasteiger partial charge in [0.15, 0.2) is 0 Å². The number of nitrogens with one attached hydrogen (secondary N) is 1. The number of halogens is 2. The second-order valence-electron chi connectivity index (χ2n) is 5.00. The zero-order chi connectivity index (χ0) is 15.4. The Bertz CT molecular complexity index is 561. The number of ether oxygens (including phenoxy) is 1. The Balaban J connectivity index is 2.25. The number of hydrogen-bond donors (Lipinski definition) is 1. The molecule has 2 rings (SSSR count). The summed E-state index contributed by atoms with van der Waals surface area (Å²) in [6.07, 6.45) is 0.199. The van der Waals surface area contributed by atoms with E-state index in [1.165, 1.54) is 10.4 Å². The van der Waals surface area contributed by atoms with E-state index in [1.54, 1.807) is 11.3 Å². The van der Waals surface area contributed by atoms with Gasteiger partial charge in [-0.15, -0.1) is 11.3 Å². The van der Waals surface area contributed by atoms with E-state index in [1.807, 2.05) is 26.0 Å². The maximum Gasteiger partial charge on any atom is 0.119 e. The molecule has 0 saturated heterocycles. The van der Waals surface area contributed by atoms with Crippen LogP contribution in [0.25, 0.3) is 0 Å². The zero-order valence-electron chi connectivity index (χ0n) is 12.3. The second-order valence-corrected chi connectivity index (χ2v) is 8.25. The van der Waals surface area contributed by atoms with E-state index < -0.39 is 0 Å². The Hall–Kier alpha value is -0.360. The molecule has 0 fully saturated rings. The first-order valence-electron chi connectivity index (χ1n) is 6.96. The largest absolute Gasteiger partial charge is 0.491 e. The minimum Gasteiger partial charge on any atom is -0.491 e. The van der Waals surface area contributed by atoms with Crippen molar-refractivity contribution in [3.05, 3.63) is 49.0 Å². The van der Waals surface area contributed by atoms with Crippen LogP contribution in [-0.2, 0) is 0 Å². The Morgan fingerprint density at radius 3 is 2.33 bits per heavy atom. The van der Waals surface area contributed by atoms with Crippen molar-refractivity contribution in [2.45, 2.75) is 32.9 Å². The standard InChI is InChI=1S/C16H19Br2NOS/c1-4-19-15(14-9-13(17)16(18)21-14)11-5-7-12(8-6-11)20-10(2)3/h5-10,15,19H,4H2,1-3H3. The fourth-order valence-corrected chi connectivity index (χ4v) is 4.30. The molecule has 0 aliphatic heterocycles. The van der Waals surface area contributed by atoms with Gasteiger partial charge in [-0.2, -0.15) is 0 Å². The molecular formula is C16H19Br2NOS. The smallest absolute Gasteiger partial charge is 0.119 e. The molecule has 0 aliphatic rings. The molecule has 0 amide bonds. The summed E-state index contributed by atoms with van der Waals surface area (Å²) in [5.41, 5.74) is 1.24. The van der Waals surface area contributed by atoms with Crippen molar-refractivity contribution in [3.8, 4) is 5.75 Å². The van der Waals surface area contributed by atoms with Crippen molar-refractivity contribution in [2.24, 2.45) is 0 Å². The van der Waals surface area contributed by atoms with Gasteiger partial charge in [0.1, 0.15) is 5.75 Å². The van der Waals surface area contributed by atoms with Gasteiger partial charge in [-0.3, -0.25) is 0 Å². The van der Waals surface area contributed by atoms with Crippen molar-refractivity contribution in [2.75, 3.05) is 6.54 Å². The maximum absolute atomic E-state index is 5.71. The summed E-state index contributed by atoms with van der Waals surface area (Å²) in [5, 5.41) is 3.54. The lowest BCUT2D eigenvalue weighted by Gasteiger charge is -2.18. The Morgan fingerprint density at radius 2 is 1.86 bits per heavy atom.